The number of rotatable bonds is 4. The van der Waals surface area contributed by atoms with Crippen molar-refractivity contribution in [2.45, 2.75) is 18.3 Å². The summed E-state index contributed by atoms with van der Waals surface area (Å²) in [5.74, 6) is -0.744. The maximum atomic E-state index is 12.6. The summed E-state index contributed by atoms with van der Waals surface area (Å²) >= 11 is 5.93. The molecule has 0 radical (unpaired) electrons. The number of carbonyl (C=O) groups is 1. The van der Waals surface area contributed by atoms with Crippen LogP contribution in [0, 0.1) is 0 Å². The molecular formula is C18H16ClF3N2O2. The lowest BCUT2D eigenvalue weighted by atomic mass is 9.88. The van der Waals surface area contributed by atoms with E-state index in [1.54, 1.807) is 12.1 Å². The Bertz CT molecular complexity index is 771. The molecule has 2 N–H and O–H groups in total. The SMILES string of the molecule is O=C(NC1(c2ccc(Cl)cc2)CCNC1)c1ccc(OC(F)(F)F)cc1. The number of carbonyl (C=O) groups excluding carboxylic acids is 1. The molecule has 1 aliphatic rings. The van der Waals surface area contributed by atoms with Crippen molar-refractivity contribution in [3.63, 3.8) is 0 Å². The summed E-state index contributed by atoms with van der Waals surface area (Å²) < 4.78 is 40.5. The summed E-state index contributed by atoms with van der Waals surface area (Å²) in [5.41, 5.74) is 0.569. The smallest absolute Gasteiger partial charge is 0.406 e. The van der Waals surface area contributed by atoms with Crippen LogP contribution in [0.4, 0.5) is 13.2 Å². The van der Waals surface area contributed by atoms with Gasteiger partial charge < -0.3 is 15.4 Å². The number of halogens is 4. The lowest BCUT2D eigenvalue weighted by Crippen LogP contribution is -2.47. The van der Waals surface area contributed by atoms with Gasteiger partial charge in [0, 0.05) is 17.1 Å². The van der Waals surface area contributed by atoms with Crippen LogP contribution in [-0.2, 0) is 5.54 Å². The number of hydrogen-bond acceptors (Lipinski definition) is 3. The molecule has 2 aromatic rings. The van der Waals surface area contributed by atoms with E-state index >= 15 is 0 Å². The van der Waals surface area contributed by atoms with Gasteiger partial charge in [-0.05, 0) is 54.9 Å². The van der Waals surface area contributed by atoms with Gasteiger partial charge in [-0.2, -0.15) is 0 Å². The van der Waals surface area contributed by atoms with Crippen LogP contribution in [0.2, 0.25) is 5.02 Å². The fourth-order valence-corrected chi connectivity index (χ4v) is 3.11. The van der Waals surface area contributed by atoms with E-state index < -0.39 is 11.9 Å². The topological polar surface area (TPSA) is 50.4 Å². The van der Waals surface area contributed by atoms with E-state index in [0.717, 1.165) is 24.2 Å². The van der Waals surface area contributed by atoms with Crippen LogP contribution in [0.3, 0.4) is 0 Å². The van der Waals surface area contributed by atoms with Gasteiger partial charge in [-0.1, -0.05) is 23.7 Å². The lowest BCUT2D eigenvalue weighted by Gasteiger charge is -2.30. The molecule has 1 unspecified atom stereocenters. The van der Waals surface area contributed by atoms with Gasteiger partial charge in [0.05, 0.1) is 5.54 Å². The van der Waals surface area contributed by atoms with Crippen molar-refractivity contribution in [2.75, 3.05) is 13.1 Å². The minimum atomic E-state index is -4.77. The highest BCUT2D eigenvalue weighted by Gasteiger charge is 2.37. The van der Waals surface area contributed by atoms with Crippen LogP contribution in [-0.4, -0.2) is 25.4 Å². The number of nitrogens with one attached hydrogen (secondary N) is 2. The van der Waals surface area contributed by atoms with Crippen LogP contribution in [0.15, 0.2) is 48.5 Å². The van der Waals surface area contributed by atoms with Gasteiger partial charge in [-0.15, -0.1) is 13.2 Å². The molecule has 4 nitrogen and oxygen atoms in total. The molecule has 2 aromatic carbocycles. The highest BCUT2D eigenvalue weighted by Crippen LogP contribution is 2.30. The maximum Gasteiger partial charge on any atom is 0.573 e. The zero-order chi connectivity index (χ0) is 18.8. The molecular weight excluding hydrogens is 369 g/mol. The van der Waals surface area contributed by atoms with Gasteiger partial charge in [0.25, 0.3) is 5.91 Å². The Balaban J connectivity index is 1.77. The van der Waals surface area contributed by atoms with Crippen molar-refractivity contribution in [2.24, 2.45) is 0 Å². The van der Waals surface area contributed by atoms with Crippen molar-refractivity contribution < 1.29 is 22.7 Å². The molecule has 138 valence electrons. The molecule has 1 heterocycles. The first kappa shape index (κ1) is 18.5. The quantitative estimate of drug-likeness (QED) is 0.841. The molecule has 1 saturated heterocycles. The number of amides is 1. The van der Waals surface area contributed by atoms with E-state index in [2.05, 4.69) is 15.4 Å². The average Bonchev–Trinajstić information content (AvgIpc) is 3.04. The van der Waals surface area contributed by atoms with E-state index in [-0.39, 0.29) is 17.2 Å². The van der Waals surface area contributed by atoms with Crippen molar-refractivity contribution >= 4 is 17.5 Å². The van der Waals surface area contributed by atoms with E-state index in [9.17, 15) is 18.0 Å². The number of hydrogen-bond donors (Lipinski definition) is 2. The van der Waals surface area contributed by atoms with E-state index in [1.807, 2.05) is 12.1 Å². The summed E-state index contributed by atoms with van der Waals surface area (Å²) in [6.45, 7) is 1.29. The van der Waals surface area contributed by atoms with E-state index in [4.69, 9.17) is 11.6 Å². The van der Waals surface area contributed by atoms with Gasteiger partial charge >= 0.3 is 6.36 Å². The van der Waals surface area contributed by atoms with Crippen LogP contribution in [0.1, 0.15) is 22.3 Å². The monoisotopic (exact) mass is 384 g/mol. The Morgan fingerprint density at radius 3 is 2.31 bits per heavy atom. The molecule has 8 heteroatoms. The molecule has 1 atom stereocenters. The fourth-order valence-electron chi connectivity index (χ4n) is 2.98. The Labute approximate surface area is 153 Å². The third kappa shape index (κ3) is 4.28. The average molecular weight is 385 g/mol. The summed E-state index contributed by atoms with van der Waals surface area (Å²) in [6.07, 6.45) is -4.08. The second-order valence-electron chi connectivity index (χ2n) is 6.04. The summed E-state index contributed by atoms with van der Waals surface area (Å²) in [7, 11) is 0. The Morgan fingerprint density at radius 1 is 1.12 bits per heavy atom. The molecule has 0 spiro atoms. The first-order valence-electron chi connectivity index (χ1n) is 7.93. The molecule has 3 rings (SSSR count). The second kappa shape index (κ2) is 7.17. The third-order valence-electron chi connectivity index (χ3n) is 4.26. The zero-order valence-corrected chi connectivity index (χ0v) is 14.3. The maximum absolute atomic E-state index is 12.6. The van der Waals surface area contributed by atoms with Crippen LogP contribution in [0.5, 0.6) is 5.75 Å². The molecule has 0 aliphatic carbocycles. The highest BCUT2D eigenvalue weighted by atomic mass is 35.5. The molecule has 1 amide bonds. The normalized spacial score (nSPS) is 20.0. The Morgan fingerprint density at radius 2 is 1.77 bits per heavy atom. The zero-order valence-electron chi connectivity index (χ0n) is 13.6. The third-order valence-corrected chi connectivity index (χ3v) is 4.51. The predicted octanol–water partition coefficient (Wildman–Crippen LogP) is 3.86. The van der Waals surface area contributed by atoms with Crippen molar-refractivity contribution in [3.8, 4) is 5.75 Å². The van der Waals surface area contributed by atoms with Gasteiger partial charge in [0.1, 0.15) is 5.75 Å². The van der Waals surface area contributed by atoms with Gasteiger partial charge in [-0.3, -0.25) is 4.79 Å². The molecule has 0 bridgehead atoms. The van der Waals surface area contributed by atoms with Crippen LogP contribution in [0.25, 0.3) is 0 Å². The van der Waals surface area contributed by atoms with Gasteiger partial charge in [-0.25, -0.2) is 0 Å². The molecule has 0 saturated carbocycles. The Hall–Kier alpha value is -2.25. The van der Waals surface area contributed by atoms with Crippen molar-refractivity contribution in [1.29, 1.82) is 0 Å². The fraction of sp³-hybridized carbons (Fsp3) is 0.278. The van der Waals surface area contributed by atoms with Crippen molar-refractivity contribution in [3.05, 3.63) is 64.7 Å². The number of alkyl halides is 3. The minimum absolute atomic E-state index is 0.250. The minimum Gasteiger partial charge on any atom is -0.406 e. The largest absolute Gasteiger partial charge is 0.573 e. The van der Waals surface area contributed by atoms with E-state index in [0.29, 0.717) is 18.0 Å². The van der Waals surface area contributed by atoms with Gasteiger partial charge in [0.2, 0.25) is 0 Å². The number of benzene rings is 2. The highest BCUT2D eigenvalue weighted by molar-refractivity contribution is 6.30. The molecule has 1 aliphatic heterocycles. The number of ether oxygens (including phenoxy) is 1. The van der Waals surface area contributed by atoms with E-state index in [1.165, 1.54) is 12.1 Å². The second-order valence-corrected chi connectivity index (χ2v) is 6.48. The standard InChI is InChI=1S/C18H16ClF3N2O2/c19-14-5-3-13(4-6-14)17(9-10-23-11-17)24-16(25)12-1-7-15(8-2-12)26-18(20,21)22/h1-8,23H,9-11H2,(H,24,25). The van der Waals surface area contributed by atoms with Gasteiger partial charge in [0.15, 0.2) is 0 Å². The molecule has 26 heavy (non-hydrogen) atoms. The Kier molecular flexibility index (Phi) is 5.11. The molecule has 1 fully saturated rings. The summed E-state index contributed by atoms with van der Waals surface area (Å²) in [4.78, 5) is 12.6. The lowest BCUT2D eigenvalue weighted by molar-refractivity contribution is -0.274. The summed E-state index contributed by atoms with van der Waals surface area (Å²) in [6, 6.07) is 12.1. The van der Waals surface area contributed by atoms with Crippen molar-refractivity contribution in [1.82, 2.24) is 10.6 Å². The first-order valence-corrected chi connectivity index (χ1v) is 8.30. The molecule has 0 aromatic heterocycles. The first-order chi connectivity index (χ1) is 12.3. The van der Waals surface area contributed by atoms with Crippen LogP contribution >= 0.6 is 11.6 Å². The van der Waals surface area contributed by atoms with Crippen LogP contribution < -0.4 is 15.4 Å². The predicted molar refractivity (Wildman–Crippen MR) is 91.2 cm³/mol. The summed E-state index contributed by atoms with van der Waals surface area (Å²) in [5, 5.41) is 6.83.